The topological polar surface area (TPSA) is 75.1 Å². The quantitative estimate of drug-likeness (QED) is 0.632. The van der Waals surface area contributed by atoms with Crippen LogP contribution in [0.5, 0.6) is 0 Å². The molecule has 92 valence electrons. The van der Waals surface area contributed by atoms with Crippen LogP contribution < -0.4 is 5.32 Å². The number of nitrogens with zero attached hydrogens (tertiary/aromatic N) is 2. The molecule has 0 atom stereocenters. The van der Waals surface area contributed by atoms with Gasteiger partial charge < -0.3 is 10.4 Å². The minimum atomic E-state index is -0.993. The van der Waals surface area contributed by atoms with Crippen LogP contribution in [0.25, 0.3) is 0 Å². The number of rotatable bonds is 4. The lowest BCUT2D eigenvalue weighted by molar-refractivity contribution is 0.0696. The predicted octanol–water partition coefficient (Wildman–Crippen LogP) is 2.11. The molecular weight excluding hydrogens is 238 g/mol. The molecule has 0 radical (unpaired) electrons. The summed E-state index contributed by atoms with van der Waals surface area (Å²) < 4.78 is 0. The van der Waals surface area contributed by atoms with Crippen molar-refractivity contribution in [2.24, 2.45) is 5.92 Å². The molecule has 2 rings (SSSR count). The third-order valence-corrected chi connectivity index (χ3v) is 3.46. The first-order valence-electron chi connectivity index (χ1n) is 5.51. The Balaban J connectivity index is 2.19. The molecule has 0 saturated heterocycles. The van der Waals surface area contributed by atoms with E-state index < -0.39 is 5.97 Å². The highest BCUT2D eigenvalue weighted by molar-refractivity contribution is 7.98. The van der Waals surface area contributed by atoms with E-state index >= 15 is 0 Å². The molecule has 1 heterocycles. The van der Waals surface area contributed by atoms with Crippen LogP contribution in [0, 0.1) is 5.92 Å². The summed E-state index contributed by atoms with van der Waals surface area (Å²) >= 11 is 1.40. The van der Waals surface area contributed by atoms with Crippen LogP contribution in [0.2, 0.25) is 0 Å². The number of carbonyl (C=O) groups is 1. The number of anilines is 1. The summed E-state index contributed by atoms with van der Waals surface area (Å²) in [6.07, 6.45) is 5.37. The van der Waals surface area contributed by atoms with Crippen molar-refractivity contribution in [2.45, 2.75) is 31.0 Å². The summed E-state index contributed by atoms with van der Waals surface area (Å²) in [6, 6.07) is 0.340. The number of hydrogen-bond acceptors (Lipinski definition) is 5. The molecule has 1 aromatic heterocycles. The lowest BCUT2D eigenvalue weighted by Crippen LogP contribution is -2.34. The second kappa shape index (κ2) is 4.91. The summed E-state index contributed by atoms with van der Waals surface area (Å²) in [7, 11) is 0. The first kappa shape index (κ1) is 12.2. The van der Waals surface area contributed by atoms with Crippen molar-refractivity contribution in [2.75, 3.05) is 11.6 Å². The van der Waals surface area contributed by atoms with E-state index in [9.17, 15) is 4.79 Å². The Kier molecular flexibility index (Phi) is 3.51. The van der Waals surface area contributed by atoms with Crippen molar-refractivity contribution in [3.05, 3.63) is 11.8 Å². The molecule has 1 aliphatic rings. The molecule has 6 heteroatoms. The van der Waals surface area contributed by atoms with Crippen molar-refractivity contribution in [3.8, 4) is 0 Å². The number of hydrogen-bond donors (Lipinski definition) is 2. The number of aromatic carboxylic acids is 1. The van der Waals surface area contributed by atoms with Crippen LogP contribution in [-0.4, -0.2) is 33.3 Å². The maximum atomic E-state index is 11.0. The van der Waals surface area contributed by atoms with Crippen LogP contribution >= 0.6 is 11.8 Å². The van der Waals surface area contributed by atoms with Crippen LogP contribution in [0.15, 0.2) is 11.4 Å². The molecule has 0 spiro atoms. The minimum Gasteiger partial charge on any atom is -0.477 e. The third-order valence-electron chi connectivity index (χ3n) is 2.89. The Morgan fingerprint density at radius 3 is 2.82 bits per heavy atom. The monoisotopic (exact) mass is 253 g/mol. The van der Waals surface area contributed by atoms with E-state index in [2.05, 4.69) is 22.2 Å². The summed E-state index contributed by atoms with van der Waals surface area (Å²) in [5.41, 5.74) is 0.141. The van der Waals surface area contributed by atoms with Gasteiger partial charge in [-0.1, -0.05) is 18.7 Å². The average Bonchev–Trinajstić information content (AvgIpc) is 2.26. The van der Waals surface area contributed by atoms with Crippen molar-refractivity contribution in [1.29, 1.82) is 0 Å². The van der Waals surface area contributed by atoms with Crippen molar-refractivity contribution >= 4 is 23.5 Å². The second-order valence-corrected chi connectivity index (χ2v) is 5.12. The van der Waals surface area contributed by atoms with E-state index in [1.165, 1.54) is 18.0 Å². The maximum Gasteiger partial charge on any atom is 0.341 e. The maximum absolute atomic E-state index is 11.0. The predicted molar refractivity (Wildman–Crippen MR) is 66.6 cm³/mol. The van der Waals surface area contributed by atoms with Gasteiger partial charge in [0, 0.05) is 12.2 Å². The normalized spacial score (nSPS) is 22.9. The zero-order valence-electron chi connectivity index (χ0n) is 9.80. The number of nitrogens with one attached hydrogen (secondary N) is 1. The van der Waals surface area contributed by atoms with Gasteiger partial charge in [-0.3, -0.25) is 0 Å². The Labute approximate surface area is 104 Å². The molecular formula is C11H15N3O2S. The van der Waals surface area contributed by atoms with Crippen LogP contribution in [0.1, 0.15) is 30.1 Å². The number of carboxylic acid groups (broad SMARTS) is 1. The zero-order valence-corrected chi connectivity index (χ0v) is 10.6. The van der Waals surface area contributed by atoms with Gasteiger partial charge in [-0.2, -0.15) is 0 Å². The van der Waals surface area contributed by atoms with E-state index in [0.717, 1.165) is 12.8 Å². The molecule has 1 aromatic rings. The van der Waals surface area contributed by atoms with Gasteiger partial charge in [0.25, 0.3) is 0 Å². The molecule has 0 aromatic carbocycles. The Hall–Kier alpha value is -1.30. The van der Waals surface area contributed by atoms with E-state index in [4.69, 9.17) is 5.11 Å². The van der Waals surface area contributed by atoms with E-state index in [1.54, 1.807) is 0 Å². The molecule has 2 N–H and O–H groups in total. The molecule has 5 nitrogen and oxygen atoms in total. The fourth-order valence-electron chi connectivity index (χ4n) is 1.94. The van der Waals surface area contributed by atoms with Gasteiger partial charge >= 0.3 is 5.97 Å². The standard InChI is InChI=1S/C11H15N3O2S/c1-6-3-7(4-6)13-9-8(10(15)16)5-12-11(14-9)17-2/h5-7H,3-4H2,1-2H3,(H,15,16)(H,12,13,14). The van der Waals surface area contributed by atoms with E-state index in [0.29, 0.717) is 22.9 Å². The fraction of sp³-hybridized carbons (Fsp3) is 0.545. The van der Waals surface area contributed by atoms with Crippen LogP contribution in [-0.2, 0) is 0 Å². The smallest absolute Gasteiger partial charge is 0.341 e. The Morgan fingerprint density at radius 2 is 2.29 bits per heavy atom. The summed E-state index contributed by atoms with van der Waals surface area (Å²) in [5, 5.41) is 12.8. The largest absolute Gasteiger partial charge is 0.477 e. The number of carboxylic acids is 1. The summed E-state index contributed by atoms with van der Waals surface area (Å²) in [4.78, 5) is 19.2. The van der Waals surface area contributed by atoms with Crippen molar-refractivity contribution < 1.29 is 9.90 Å². The molecule has 0 bridgehead atoms. The van der Waals surface area contributed by atoms with Crippen LogP contribution in [0.4, 0.5) is 5.82 Å². The lowest BCUT2D eigenvalue weighted by Gasteiger charge is -2.33. The summed E-state index contributed by atoms with van der Waals surface area (Å²) in [5.74, 6) is 0.156. The van der Waals surface area contributed by atoms with Gasteiger partial charge in [-0.25, -0.2) is 14.8 Å². The second-order valence-electron chi connectivity index (χ2n) is 4.34. The average molecular weight is 253 g/mol. The van der Waals surface area contributed by atoms with Crippen LogP contribution in [0.3, 0.4) is 0 Å². The minimum absolute atomic E-state index is 0.141. The first-order chi connectivity index (χ1) is 8.10. The fourth-order valence-corrected chi connectivity index (χ4v) is 2.28. The molecule has 0 unspecified atom stereocenters. The Bertz CT molecular complexity index is 433. The van der Waals surface area contributed by atoms with Gasteiger partial charge in [-0.05, 0) is 25.0 Å². The highest BCUT2D eigenvalue weighted by Crippen LogP contribution is 2.30. The van der Waals surface area contributed by atoms with Gasteiger partial charge in [0.15, 0.2) is 5.16 Å². The highest BCUT2D eigenvalue weighted by Gasteiger charge is 2.27. The van der Waals surface area contributed by atoms with Gasteiger partial charge in [0.05, 0.1) is 0 Å². The Morgan fingerprint density at radius 1 is 1.59 bits per heavy atom. The molecule has 1 aliphatic carbocycles. The SMILES string of the molecule is CSc1ncc(C(=O)O)c(NC2CC(C)C2)n1. The molecule has 17 heavy (non-hydrogen) atoms. The van der Waals surface area contributed by atoms with E-state index in [-0.39, 0.29) is 5.56 Å². The van der Waals surface area contributed by atoms with Gasteiger partial charge in [0.2, 0.25) is 0 Å². The number of aromatic nitrogens is 2. The summed E-state index contributed by atoms with van der Waals surface area (Å²) in [6.45, 7) is 2.18. The molecule has 1 saturated carbocycles. The van der Waals surface area contributed by atoms with Gasteiger partial charge in [-0.15, -0.1) is 0 Å². The van der Waals surface area contributed by atoms with E-state index in [1.807, 2.05) is 6.26 Å². The number of thioether (sulfide) groups is 1. The van der Waals surface area contributed by atoms with Crippen molar-refractivity contribution in [3.63, 3.8) is 0 Å². The third kappa shape index (κ3) is 2.69. The van der Waals surface area contributed by atoms with Crippen molar-refractivity contribution in [1.82, 2.24) is 9.97 Å². The molecule has 0 amide bonds. The highest BCUT2D eigenvalue weighted by atomic mass is 32.2. The molecule has 1 fully saturated rings. The molecule has 0 aliphatic heterocycles. The van der Waals surface area contributed by atoms with Gasteiger partial charge in [0.1, 0.15) is 11.4 Å². The lowest BCUT2D eigenvalue weighted by atomic mass is 9.82. The first-order valence-corrected chi connectivity index (χ1v) is 6.73. The zero-order chi connectivity index (χ0) is 12.4.